The van der Waals surface area contributed by atoms with Gasteiger partial charge in [0, 0.05) is 39.1 Å². The fourth-order valence-corrected chi connectivity index (χ4v) is 7.58. The lowest BCUT2D eigenvalue weighted by molar-refractivity contribution is -0.151. The average molecular weight is 653 g/mol. The van der Waals surface area contributed by atoms with E-state index in [-0.39, 0.29) is 38.0 Å². The molecule has 4 saturated heterocycles. The fraction of sp³-hybridized carbons (Fsp3) is 0.600. The van der Waals surface area contributed by atoms with Gasteiger partial charge in [0.1, 0.15) is 18.2 Å². The van der Waals surface area contributed by atoms with Gasteiger partial charge < -0.3 is 34.4 Å². The molecule has 3 amide bonds. The van der Waals surface area contributed by atoms with E-state index in [4.69, 9.17) is 14.2 Å². The van der Waals surface area contributed by atoms with Gasteiger partial charge in [-0.05, 0) is 31.7 Å². The number of benzene rings is 1. The molecule has 0 unspecified atom stereocenters. The number of hydrogen-bond donors (Lipinski definition) is 2. The lowest BCUT2D eigenvalue weighted by atomic mass is 9.70. The minimum absolute atomic E-state index is 0.0812. The van der Waals surface area contributed by atoms with E-state index < -0.39 is 53.5 Å². The molecular formula is C35H48N4O8. The monoisotopic (exact) mass is 652 g/mol. The zero-order valence-corrected chi connectivity index (χ0v) is 27.3. The van der Waals surface area contributed by atoms with Crippen molar-refractivity contribution in [1.29, 1.82) is 0 Å². The molecule has 0 radical (unpaired) electrons. The first-order valence-electron chi connectivity index (χ1n) is 16.7. The fourth-order valence-electron chi connectivity index (χ4n) is 7.58. The Morgan fingerprint density at radius 3 is 2.62 bits per heavy atom. The number of allylic oxidation sites excluding steroid dienone is 1. The van der Waals surface area contributed by atoms with E-state index in [0.717, 1.165) is 18.7 Å². The summed E-state index contributed by atoms with van der Waals surface area (Å²) in [5.74, 6) is -3.20. The molecule has 4 heterocycles. The maximum absolute atomic E-state index is 14.5. The van der Waals surface area contributed by atoms with Gasteiger partial charge in [0.25, 0.3) is 0 Å². The van der Waals surface area contributed by atoms with Crippen molar-refractivity contribution < 1.29 is 38.5 Å². The summed E-state index contributed by atoms with van der Waals surface area (Å²) in [7, 11) is 0. The topological polar surface area (TPSA) is 138 Å². The maximum Gasteiger partial charge on any atom is 0.306 e. The van der Waals surface area contributed by atoms with Gasteiger partial charge in [0.2, 0.25) is 17.7 Å². The van der Waals surface area contributed by atoms with Crippen LogP contribution in [0.4, 0.5) is 0 Å². The number of carbonyl (C=O) groups is 4. The Hall–Kier alpha value is -3.58. The highest BCUT2D eigenvalue weighted by molar-refractivity contribution is 5.99. The highest BCUT2D eigenvalue weighted by Crippen LogP contribution is 2.59. The number of amides is 3. The highest BCUT2D eigenvalue weighted by atomic mass is 16.5. The number of carbonyl (C=O) groups excluding carboxylic acids is 4. The summed E-state index contributed by atoms with van der Waals surface area (Å²) in [4.78, 5) is 60.7. The minimum atomic E-state index is -1.21. The average Bonchev–Trinajstić information content (AvgIpc) is 3.75. The Labute approximate surface area is 276 Å². The van der Waals surface area contributed by atoms with Crippen LogP contribution in [0, 0.1) is 11.8 Å². The molecule has 2 N–H and O–H groups in total. The van der Waals surface area contributed by atoms with Crippen molar-refractivity contribution in [2.75, 3.05) is 59.2 Å². The Balaban J connectivity index is 1.39. The van der Waals surface area contributed by atoms with Crippen LogP contribution < -0.4 is 5.32 Å². The summed E-state index contributed by atoms with van der Waals surface area (Å²) >= 11 is 0. The van der Waals surface area contributed by atoms with Crippen molar-refractivity contribution in [2.24, 2.45) is 11.8 Å². The molecule has 256 valence electrons. The van der Waals surface area contributed by atoms with Crippen molar-refractivity contribution in [3.8, 4) is 0 Å². The van der Waals surface area contributed by atoms with Crippen LogP contribution in [0.2, 0.25) is 0 Å². The van der Waals surface area contributed by atoms with Gasteiger partial charge in [-0.2, -0.15) is 0 Å². The third kappa shape index (κ3) is 7.15. The first kappa shape index (κ1) is 34.7. The molecule has 47 heavy (non-hydrogen) atoms. The zero-order valence-electron chi connectivity index (χ0n) is 27.3. The van der Waals surface area contributed by atoms with Gasteiger partial charge in [0.15, 0.2) is 0 Å². The van der Waals surface area contributed by atoms with E-state index >= 15 is 0 Å². The third-order valence-electron chi connectivity index (χ3n) is 9.95. The second kappa shape index (κ2) is 15.5. The Kier molecular flexibility index (Phi) is 11.5. The summed E-state index contributed by atoms with van der Waals surface area (Å²) in [6.07, 6.45) is 4.36. The van der Waals surface area contributed by atoms with E-state index in [1.807, 2.05) is 30.3 Å². The predicted octanol–water partition coefficient (Wildman–Crippen LogP) is 1.46. The Bertz CT molecular complexity index is 1300. The predicted molar refractivity (Wildman–Crippen MR) is 173 cm³/mol. The second-order valence-electron chi connectivity index (χ2n) is 12.8. The van der Waals surface area contributed by atoms with Crippen molar-refractivity contribution in [3.05, 3.63) is 61.2 Å². The van der Waals surface area contributed by atoms with Crippen LogP contribution in [-0.2, 0) is 33.4 Å². The van der Waals surface area contributed by atoms with E-state index in [2.05, 4.69) is 23.4 Å². The van der Waals surface area contributed by atoms with Crippen LogP contribution in [0.15, 0.2) is 55.6 Å². The number of esters is 1. The van der Waals surface area contributed by atoms with Crippen molar-refractivity contribution in [1.82, 2.24) is 20.0 Å². The zero-order chi connectivity index (χ0) is 33.6. The van der Waals surface area contributed by atoms with Crippen molar-refractivity contribution in [2.45, 2.75) is 62.4 Å². The smallest absolute Gasteiger partial charge is 0.306 e. The molecule has 4 aliphatic heterocycles. The van der Waals surface area contributed by atoms with Crippen LogP contribution in [0.1, 0.15) is 44.2 Å². The first-order chi connectivity index (χ1) is 22.7. The SMILES string of the molecule is C=CCCC(=O)OC[C@H](NC(=O)[C@@H]1[C@@H]2CC[C@]3(O2)[C@H](C(=O)N(CC=C)CCN2CCOCC2)N([C@H](C)CO)C(=O)[C@@H]13)c1ccccc1. The largest absolute Gasteiger partial charge is 0.463 e. The number of rotatable bonds is 16. The van der Waals surface area contributed by atoms with Crippen LogP contribution in [0.5, 0.6) is 0 Å². The van der Waals surface area contributed by atoms with Crippen LogP contribution in [0.25, 0.3) is 0 Å². The van der Waals surface area contributed by atoms with E-state index in [1.165, 1.54) is 4.90 Å². The van der Waals surface area contributed by atoms with Gasteiger partial charge in [-0.1, -0.05) is 42.5 Å². The molecule has 1 spiro atoms. The van der Waals surface area contributed by atoms with Gasteiger partial charge in [-0.15, -0.1) is 13.2 Å². The molecular weight excluding hydrogens is 604 g/mol. The number of morpholine rings is 1. The molecule has 4 fully saturated rings. The molecule has 1 aromatic rings. The molecule has 5 rings (SSSR count). The van der Waals surface area contributed by atoms with E-state index in [0.29, 0.717) is 45.6 Å². The molecule has 12 nitrogen and oxygen atoms in total. The first-order valence-corrected chi connectivity index (χ1v) is 16.7. The molecule has 0 saturated carbocycles. The molecule has 4 aliphatic rings. The van der Waals surface area contributed by atoms with Gasteiger partial charge in [0.05, 0.1) is 49.8 Å². The number of ether oxygens (including phenoxy) is 3. The molecule has 7 atom stereocenters. The summed E-state index contributed by atoms with van der Waals surface area (Å²) in [6, 6.07) is 6.89. The lowest BCUT2D eigenvalue weighted by Gasteiger charge is -2.39. The third-order valence-corrected chi connectivity index (χ3v) is 9.95. The molecule has 0 aromatic heterocycles. The Morgan fingerprint density at radius 1 is 1.19 bits per heavy atom. The number of aliphatic hydroxyl groups is 1. The second-order valence-corrected chi connectivity index (χ2v) is 12.8. The van der Waals surface area contributed by atoms with Crippen LogP contribution in [-0.4, -0.2) is 126 Å². The van der Waals surface area contributed by atoms with Crippen molar-refractivity contribution >= 4 is 23.7 Å². The summed E-state index contributed by atoms with van der Waals surface area (Å²) < 4.78 is 17.6. The summed E-state index contributed by atoms with van der Waals surface area (Å²) in [6.45, 7) is 13.0. The quantitative estimate of drug-likeness (QED) is 0.201. The summed E-state index contributed by atoms with van der Waals surface area (Å²) in [5, 5.41) is 13.3. The normalized spacial score (nSPS) is 28.0. The number of fused-ring (bicyclic) bond motifs is 1. The molecule has 2 bridgehead atoms. The number of nitrogens with one attached hydrogen (secondary N) is 1. The van der Waals surface area contributed by atoms with Gasteiger partial charge in [-0.3, -0.25) is 24.1 Å². The van der Waals surface area contributed by atoms with E-state index in [1.54, 1.807) is 24.0 Å². The standard InChI is InChI=1S/C35H48N4O8/c1-4-6-12-28(41)46-23-26(25-10-8-7-9-11-25)36-32(42)29-27-13-14-35(47-27)30(29)33(43)39(24(3)22-40)31(35)34(44)38(15-5-2)17-16-37-18-20-45-21-19-37/h4-5,7-11,24,26-27,29-31,40H,1-2,6,12-23H2,3H3,(H,36,42)/t24-,26+,27+,29-,30-,31+,35-/m1/s1. The molecule has 0 aliphatic carbocycles. The summed E-state index contributed by atoms with van der Waals surface area (Å²) in [5.41, 5.74) is -0.458. The number of nitrogens with zero attached hydrogens (tertiary/aromatic N) is 3. The van der Waals surface area contributed by atoms with Crippen molar-refractivity contribution in [3.63, 3.8) is 0 Å². The molecule has 1 aromatic carbocycles. The van der Waals surface area contributed by atoms with E-state index in [9.17, 15) is 24.3 Å². The number of hydrogen-bond acceptors (Lipinski definition) is 9. The molecule has 12 heteroatoms. The maximum atomic E-state index is 14.5. The van der Waals surface area contributed by atoms with Crippen LogP contribution >= 0.6 is 0 Å². The number of likely N-dealkylation sites (tertiary alicyclic amines) is 1. The Morgan fingerprint density at radius 2 is 1.94 bits per heavy atom. The van der Waals surface area contributed by atoms with Gasteiger partial charge in [-0.25, -0.2) is 0 Å². The highest BCUT2D eigenvalue weighted by Gasteiger charge is 2.75. The van der Waals surface area contributed by atoms with Gasteiger partial charge >= 0.3 is 5.97 Å². The number of aliphatic hydroxyl groups excluding tert-OH is 1. The van der Waals surface area contributed by atoms with Crippen LogP contribution in [0.3, 0.4) is 0 Å². The minimum Gasteiger partial charge on any atom is -0.463 e. The lowest BCUT2D eigenvalue weighted by Crippen LogP contribution is -2.59.